The van der Waals surface area contributed by atoms with Gasteiger partial charge in [0.25, 0.3) is 5.56 Å². The minimum atomic E-state index is -0.173. The number of amides is 1. The molecule has 1 amide bonds. The second-order valence-electron chi connectivity index (χ2n) is 6.01. The van der Waals surface area contributed by atoms with Crippen LogP contribution < -0.4 is 10.9 Å². The minimum absolute atomic E-state index is 0.00465. The molecule has 0 spiro atoms. The molecular weight excluding hydrogens is 326 g/mol. The highest BCUT2D eigenvalue weighted by molar-refractivity contribution is 5.77. The van der Waals surface area contributed by atoms with E-state index in [-0.39, 0.29) is 17.4 Å². The molecule has 3 aromatic rings. The van der Waals surface area contributed by atoms with E-state index in [0.717, 1.165) is 11.1 Å². The van der Waals surface area contributed by atoms with Crippen LogP contribution in [0.15, 0.2) is 83.8 Å². The van der Waals surface area contributed by atoms with Crippen molar-refractivity contribution in [1.29, 1.82) is 0 Å². The second-order valence-corrected chi connectivity index (χ2v) is 6.01. The van der Waals surface area contributed by atoms with Crippen LogP contribution in [0.4, 0.5) is 0 Å². The lowest BCUT2D eigenvalue weighted by Gasteiger charge is -2.18. The van der Waals surface area contributed by atoms with E-state index >= 15 is 0 Å². The van der Waals surface area contributed by atoms with Gasteiger partial charge in [-0.3, -0.25) is 9.59 Å². The number of rotatable bonds is 7. The Morgan fingerprint density at radius 2 is 1.54 bits per heavy atom. The van der Waals surface area contributed by atoms with Crippen molar-refractivity contribution in [3.05, 3.63) is 100 Å². The predicted octanol–water partition coefficient (Wildman–Crippen LogP) is 2.58. The molecule has 1 heterocycles. The van der Waals surface area contributed by atoms with Gasteiger partial charge in [-0.15, -0.1) is 0 Å². The molecule has 2 aromatic carbocycles. The summed E-state index contributed by atoms with van der Waals surface area (Å²) in [5.74, 6) is -0.0540. The predicted molar refractivity (Wildman–Crippen MR) is 101 cm³/mol. The number of aromatic nitrogens is 2. The number of benzene rings is 2. The van der Waals surface area contributed by atoms with Crippen LogP contribution in [-0.2, 0) is 11.3 Å². The summed E-state index contributed by atoms with van der Waals surface area (Å²) in [4.78, 5) is 24.1. The lowest BCUT2D eigenvalue weighted by atomic mass is 9.88. The van der Waals surface area contributed by atoms with Crippen LogP contribution in [0.3, 0.4) is 0 Å². The first-order chi connectivity index (χ1) is 12.7. The average Bonchev–Trinajstić information content (AvgIpc) is 2.69. The van der Waals surface area contributed by atoms with Crippen LogP contribution in [0.25, 0.3) is 0 Å². The fourth-order valence-electron chi connectivity index (χ4n) is 2.91. The third-order valence-corrected chi connectivity index (χ3v) is 4.22. The van der Waals surface area contributed by atoms with E-state index < -0.39 is 0 Å². The maximum absolute atomic E-state index is 12.5. The smallest absolute Gasteiger partial charge is 0.266 e. The molecule has 0 unspecified atom stereocenters. The summed E-state index contributed by atoms with van der Waals surface area (Å²) in [7, 11) is 0. The van der Waals surface area contributed by atoms with Crippen molar-refractivity contribution in [2.75, 3.05) is 6.54 Å². The molecule has 5 heteroatoms. The zero-order valence-electron chi connectivity index (χ0n) is 14.4. The molecule has 1 aromatic heterocycles. The number of hydrogen-bond acceptors (Lipinski definition) is 3. The van der Waals surface area contributed by atoms with Crippen LogP contribution in [0.1, 0.15) is 23.5 Å². The van der Waals surface area contributed by atoms with Gasteiger partial charge in [0.1, 0.15) is 0 Å². The molecule has 3 rings (SSSR count). The Morgan fingerprint density at radius 1 is 0.923 bits per heavy atom. The van der Waals surface area contributed by atoms with Crippen molar-refractivity contribution in [3.63, 3.8) is 0 Å². The molecule has 0 saturated heterocycles. The largest absolute Gasteiger partial charge is 0.354 e. The Balaban J connectivity index is 1.64. The van der Waals surface area contributed by atoms with Gasteiger partial charge >= 0.3 is 0 Å². The van der Waals surface area contributed by atoms with Gasteiger partial charge in [-0.05, 0) is 17.2 Å². The third-order valence-electron chi connectivity index (χ3n) is 4.22. The molecule has 26 heavy (non-hydrogen) atoms. The Bertz CT molecular complexity index is 852. The van der Waals surface area contributed by atoms with E-state index in [0.29, 0.717) is 19.5 Å². The summed E-state index contributed by atoms with van der Waals surface area (Å²) in [5, 5.41) is 6.87. The molecule has 5 nitrogen and oxygen atoms in total. The molecule has 1 N–H and O–H groups in total. The van der Waals surface area contributed by atoms with Gasteiger partial charge in [0.15, 0.2) is 0 Å². The van der Waals surface area contributed by atoms with Crippen LogP contribution >= 0.6 is 0 Å². The molecule has 0 saturated carbocycles. The quantitative estimate of drug-likeness (QED) is 0.714. The van der Waals surface area contributed by atoms with Gasteiger partial charge in [-0.25, -0.2) is 4.68 Å². The zero-order valence-corrected chi connectivity index (χ0v) is 14.4. The number of nitrogens with one attached hydrogen (secondary N) is 1. The van der Waals surface area contributed by atoms with Crippen molar-refractivity contribution in [3.8, 4) is 0 Å². The second kappa shape index (κ2) is 8.76. The Morgan fingerprint density at radius 3 is 2.12 bits per heavy atom. The first kappa shape index (κ1) is 17.6. The van der Waals surface area contributed by atoms with Gasteiger partial charge in [-0.1, -0.05) is 60.7 Å². The van der Waals surface area contributed by atoms with E-state index in [1.165, 1.54) is 10.7 Å². The summed E-state index contributed by atoms with van der Waals surface area (Å²) in [5.41, 5.74) is 2.04. The summed E-state index contributed by atoms with van der Waals surface area (Å²) in [6.45, 7) is 0.721. The fraction of sp³-hybridized carbons (Fsp3) is 0.190. The van der Waals surface area contributed by atoms with Crippen molar-refractivity contribution in [1.82, 2.24) is 15.1 Å². The summed E-state index contributed by atoms with van der Waals surface area (Å²) < 4.78 is 1.34. The van der Waals surface area contributed by atoms with Crippen molar-refractivity contribution in [2.45, 2.75) is 18.9 Å². The summed E-state index contributed by atoms with van der Waals surface area (Å²) in [6, 6.07) is 23.1. The number of carbonyl (C=O) groups is 1. The molecule has 0 aliphatic rings. The van der Waals surface area contributed by atoms with Crippen molar-refractivity contribution in [2.24, 2.45) is 0 Å². The van der Waals surface area contributed by atoms with Crippen molar-refractivity contribution < 1.29 is 4.79 Å². The highest BCUT2D eigenvalue weighted by Crippen LogP contribution is 2.27. The molecule has 132 valence electrons. The van der Waals surface area contributed by atoms with Gasteiger partial charge in [0.05, 0.1) is 6.54 Å². The normalized spacial score (nSPS) is 10.7. The van der Waals surface area contributed by atoms with Crippen LogP contribution in [0.2, 0.25) is 0 Å². The van der Waals surface area contributed by atoms with E-state index in [4.69, 9.17) is 0 Å². The SMILES string of the molecule is O=C(CC(c1ccccc1)c1ccccc1)NCCn1ncccc1=O. The number of nitrogens with zero attached hydrogens (tertiary/aromatic N) is 2. The maximum Gasteiger partial charge on any atom is 0.266 e. The van der Waals surface area contributed by atoms with Crippen molar-refractivity contribution >= 4 is 5.91 Å². The third kappa shape index (κ3) is 4.66. The Hall–Kier alpha value is -3.21. The lowest BCUT2D eigenvalue weighted by molar-refractivity contribution is -0.121. The highest BCUT2D eigenvalue weighted by atomic mass is 16.1. The average molecular weight is 347 g/mol. The first-order valence-electron chi connectivity index (χ1n) is 8.63. The summed E-state index contributed by atoms with van der Waals surface area (Å²) >= 11 is 0. The van der Waals surface area contributed by atoms with Gasteiger partial charge in [0.2, 0.25) is 5.91 Å². The lowest BCUT2D eigenvalue weighted by Crippen LogP contribution is -2.32. The van der Waals surface area contributed by atoms with Gasteiger partial charge in [-0.2, -0.15) is 5.10 Å². The zero-order chi connectivity index (χ0) is 18.2. The monoisotopic (exact) mass is 347 g/mol. The molecule has 0 radical (unpaired) electrons. The van der Waals surface area contributed by atoms with E-state index in [1.807, 2.05) is 60.7 Å². The van der Waals surface area contributed by atoms with Crippen LogP contribution in [0, 0.1) is 0 Å². The topological polar surface area (TPSA) is 64.0 Å². The molecular formula is C21H21N3O2. The minimum Gasteiger partial charge on any atom is -0.354 e. The summed E-state index contributed by atoms with van der Waals surface area (Å²) in [6.07, 6.45) is 1.91. The molecule has 0 bridgehead atoms. The Labute approximate surface area is 152 Å². The number of hydrogen-bond donors (Lipinski definition) is 1. The molecule has 0 fully saturated rings. The molecule has 0 aliphatic carbocycles. The Kier molecular flexibility index (Phi) is 5.93. The van der Waals surface area contributed by atoms with Crippen LogP contribution in [-0.4, -0.2) is 22.2 Å². The molecule has 0 atom stereocenters. The fourth-order valence-corrected chi connectivity index (χ4v) is 2.91. The van der Waals surface area contributed by atoms with E-state index in [1.54, 1.807) is 12.3 Å². The van der Waals surface area contributed by atoms with Gasteiger partial charge in [0, 0.05) is 31.1 Å². The highest BCUT2D eigenvalue weighted by Gasteiger charge is 2.17. The maximum atomic E-state index is 12.5. The first-order valence-corrected chi connectivity index (χ1v) is 8.63. The van der Waals surface area contributed by atoms with E-state index in [9.17, 15) is 9.59 Å². The molecule has 0 aliphatic heterocycles. The van der Waals surface area contributed by atoms with E-state index in [2.05, 4.69) is 10.4 Å². The number of carbonyl (C=O) groups excluding carboxylic acids is 1. The van der Waals surface area contributed by atoms with Gasteiger partial charge < -0.3 is 5.32 Å². The van der Waals surface area contributed by atoms with Crippen LogP contribution in [0.5, 0.6) is 0 Å². The standard InChI is InChI=1S/C21H21N3O2/c25-20(22-14-15-24-21(26)12-7-13-23-24)16-19(17-8-3-1-4-9-17)18-10-5-2-6-11-18/h1-13,19H,14-16H2,(H,22,25).